The molecule has 2 heteroatoms. The summed E-state index contributed by atoms with van der Waals surface area (Å²) in [5, 5.41) is 10.3. The van der Waals surface area contributed by atoms with Crippen molar-refractivity contribution in [2.45, 2.75) is 51.7 Å². The third kappa shape index (κ3) is 2.49. The Labute approximate surface area is 121 Å². The zero-order chi connectivity index (χ0) is 14.4. The van der Waals surface area contributed by atoms with E-state index in [4.69, 9.17) is 4.74 Å². The molecule has 3 atom stereocenters. The number of rotatable bonds is 1. The van der Waals surface area contributed by atoms with Crippen LogP contribution in [-0.2, 0) is 6.42 Å². The van der Waals surface area contributed by atoms with Gasteiger partial charge in [-0.15, -0.1) is 0 Å². The molecule has 1 aliphatic carbocycles. The Balaban J connectivity index is 1.84. The summed E-state index contributed by atoms with van der Waals surface area (Å²) in [5.74, 6) is 1.39. The summed E-state index contributed by atoms with van der Waals surface area (Å²) in [6, 6.07) is 8.33. The average Bonchev–Trinajstić information content (AvgIpc) is 2.36. The Morgan fingerprint density at radius 1 is 1.20 bits per heavy atom. The van der Waals surface area contributed by atoms with Crippen LogP contribution in [0.15, 0.2) is 36.4 Å². The van der Waals surface area contributed by atoms with E-state index in [0.29, 0.717) is 5.92 Å². The second kappa shape index (κ2) is 4.63. The lowest BCUT2D eigenvalue weighted by molar-refractivity contribution is -0.00810. The van der Waals surface area contributed by atoms with Gasteiger partial charge < -0.3 is 9.84 Å². The largest absolute Gasteiger partial charge is 0.490 e. The summed E-state index contributed by atoms with van der Waals surface area (Å²) < 4.78 is 6.24. The van der Waals surface area contributed by atoms with E-state index in [1.165, 1.54) is 5.56 Å². The molecule has 1 heterocycles. The van der Waals surface area contributed by atoms with E-state index in [9.17, 15) is 5.11 Å². The smallest absolute Gasteiger partial charge is 0.122 e. The Morgan fingerprint density at radius 2 is 1.95 bits per heavy atom. The van der Waals surface area contributed by atoms with Gasteiger partial charge in [-0.25, -0.2) is 0 Å². The number of fused-ring (bicyclic) bond motifs is 1. The molecule has 0 bridgehead atoms. The molecule has 1 aliphatic heterocycles. The molecule has 1 aromatic rings. The molecule has 0 fully saturated rings. The highest BCUT2D eigenvalue weighted by Gasteiger charge is 2.43. The molecular weight excluding hydrogens is 248 g/mol. The van der Waals surface area contributed by atoms with Crippen LogP contribution in [0.2, 0.25) is 0 Å². The number of hydrogen-bond acceptors (Lipinski definition) is 2. The highest BCUT2D eigenvalue weighted by atomic mass is 16.5. The van der Waals surface area contributed by atoms with Crippen molar-refractivity contribution in [1.82, 2.24) is 0 Å². The van der Waals surface area contributed by atoms with Crippen molar-refractivity contribution in [2.24, 2.45) is 11.3 Å². The van der Waals surface area contributed by atoms with Crippen LogP contribution in [0.1, 0.15) is 39.2 Å². The third-order valence-electron chi connectivity index (χ3n) is 4.73. The van der Waals surface area contributed by atoms with Gasteiger partial charge in [-0.2, -0.15) is 0 Å². The number of para-hydroxylation sites is 1. The number of benzene rings is 1. The van der Waals surface area contributed by atoms with Crippen molar-refractivity contribution in [2.75, 3.05) is 0 Å². The van der Waals surface area contributed by atoms with Crippen LogP contribution < -0.4 is 4.74 Å². The van der Waals surface area contributed by atoms with Gasteiger partial charge in [-0.3, -0.25) is 0 Å². The lowest BCUT2D eigenvalue weighted by atomic mass is 9.65. The van der Waals surface area contributed by atoms with Gasteiger partial charge in [0.15, 0.2) is 0 Å². The summed E-state index contributed by atoms with van der Waals surface area (Å²) >= 11 is 0. The first-order valence-electron chi connectivity index (χ1n) is 7.54. The quantitative estimate of drug-likeness (QED) is 0.789. The molecule has 108 valence electrons. The van der Waals surface area contributed by atoms with E-state index >= 15 is 0 Å². The van der Waals surface area contributed by atoms with Crippen molar-refractivity contribution in [3.8, 4) is 5.75 Å². The predicted octanol–water partition coefficient (Wildman–Crippen LogP) is 3.73. The van der Waals surface area contributed by atoms with Gasteiger partial charge >= 0.3 is 0 Å². The molecule has 2 aliphatic rings. The number of hydrogen-bond donors (Lipinski definition) is 1. The van der Waals surface area contributed by atoms with Crippen molar-refractivity contribution in [1.29, 1.82) is 0 Å². The lowest BCUT2D eigenvalue weighted by Crippen LogP contribution is -2.45. The molecule has 0 spiro atoms. The molecule has 0 amide bonds. The van der Waals surface area contributed by atoms with E-state index in [0.717, 1.165) is 25.0 Å². The maximum atomic E-state index is 10.3. The fraction of sp³-hybridized carbons (Fsp3) is 0.556. The SMILES string of the molecule is CC1(O)C=CC(C2CCc3ccccc3O2)C(C)(C)C1. The fourth-order valence-electron chi connectivity index (χ4n) is 3.90. The van der Waals surface area contributed by atoms with E-state index in [1.54, 1.807) is 0 Å². The van der Waals surface area contributed by atoms with Gasteiger partial charge in [0, 0.05) is 5.92 Å². The van der Waals surface area contributed by atoms with Crippen molar-refractivity contribution in [3.05, 3.63) is 42.0 Å². The van der Waals surface area contributed by atoms with Crippen molar-refractivity contribution >= 4 is 0 Å². The van der Waals surface area contributed by atoms with Crippen LogP contribution in [0, 0.1) is 11.3 Å². The van der Waals surface area contributed by atoms with Crippen molar-refractivity contribution in [3.63, 3.8) is 0 Å². The molecule has 20 heavy (non-hydrogen) atoms. The van der Waals surface area contributed by atoms with E-state index in [2.05, 4.69) is 38.1 Å². The van der Waals surface area contributed by atoms with Gasteiger partial charge in [0.1, 0.15) is 11.9 Å². The van der Waals surface area contributed by atoms with E-state index in [1.807, 2.05) is 19.1 Å². The van der Waals surface area contributed by atoms with Crippen LogP contribution in [-0.4, -0.2) is 16.8 Å². The Hall–Kier alpha value is -1.28. The van der Waals surface area contributed by atoms with Gasteiger partial charge in [0.25, 0.3) is 0 Å². The minimum Gasteiger partial charge on any atom is -0.490 e. The molecule has 0 saturated carbocycles. The number of ether oxygens (including phenoxy) is 1. The summed E-state index contributed by atoms with van der Waals surface area (Å²) in [7, 11) is 0. The second-order valence-electron chi connectivity index (χ2n) is 7.21. The van der Waals surface area contributed by atoms with Gasteiger partial charge in [0.2, 0.25) is 0 Å². The first-order valence-corrected chi connectivity index (χ1v) is 7.54. The Morgan fingerprint density at radius 3 is 2.70 bits per heavy atom. The van der Waals surface area contributed by atoms with Gasteiger partial charge in [-0.1, -0.05) is 44.2 Å². The first-order chi connectivity index (χ1) is 9.37. The number of aryl methyl sites for hydroxylation is 1. The number of aliphatic hydroxyl groups is 1. The Kier molecular flexibility index (Phi) is 3.17. The minimum atomic E-state index is -0.688. The molecule has 0 aromatic heterocycles. The van der Waals surface area contributed by atoms with Gasteiger partial charge in [0.05, 0.1) is 5.60 Å². The highest BCUT2D eigenvalue weighted by Crippen LogP contribution is 2.45. The molecule has 1 N–H and O–H groups in total. The van der Waals surface area contributed by atoms with Crippen molar-refractivity contribution < 1.29 is 9.84 Å². The molecule has 3 unspecified atom stereocenters. The van der Waals surface area contributed by atoms with E-state index < -0.39 is 5.60 Å². The molecular formula is C18H24O2. The third-order valence-corrected chi connectivity index (χ3v) is 4.73. The van der Waals surface area contributed by atoms with Crippen LogP contribution in [0.4, 0.5) is 0 Å². The lowest BCUT2D eigenvalue weighted by Gasteiger charge is -2.45. The normalized spacial score (nSPS) is 35.2. The second-order valence-corrected chi connectivity index (χ2v) is 7.21. The molecule has 0 radical (unpaired) electrons. The summed E-state index contributed by atoms with van der Waals surface area (Å²) in [5.41, 5.74) is 0.676. The van der Waals surface area contributed by atoms with Crippen LogP contribution >= 0.6 is 0 Å². The van der Waals surface area contributed by atoms with E-state index in [-0.39, 0.29) is 11.5 Å². The summed E-state index contributed by atoms with van der Waals surface area (Å²) in [6.07, 6.45) is 7.25. The summed E-state index contributed by atoms with van der Waals surface area (Å²) in [6.45, 7) is 6.36. The molecule has 1 aromatic carbocycles. The summed E-state index contributed by atoms with van der Waals surface area (Å²) in [4.78, 5) is 0. The average molecular weight is 272 g/mol. The fourth-order valence-corrected chi connectivity index (χ4v) is 3.90. The minimum absolute atomic E-state index is 0.0508. The zero-order valence-corrected chi connectivity index (χ0v) is 12.6. The molecule has 0 saturated heterocycles. The maximum Gasteiger partial charge on any atom is 0.122 e. The highest BCUT2D eigenvalue weighted by molar-refractivity contribution is 5.35. The van der Waals surface area contributed by atoms with Crippen LogP contribution in [0.25, 0.3) is 0 Å². The van der Waals surface area contributed by atoms with Crippen LogP contribution in [0.5, 0.6) is 5.75 Å². The van der Waals surface area contributed by atoms with Crippen LogP contribution in [0.3, 0.4) is 0 Å². The Bertz CT molecular complexity index is 528. The monoisotopic (exact) mass is 272 g/mol. The first kappa shape index (κ1) is 13.7. The predicted molar refractivity (Wildman–Crippen MR) is 80.8 cm³/mol. The molecule has 2 nitrogen and oxygen atoms in total. The maximum absolute atomic E-state index is 10.3. The van der Waals surface area contributed by atoms with Gasteiger partial charge in [-0.05, 0) is 43.2 Å². The zero-order valence-electron chi connectivity index (χ0n) is 12.6. The topological polar surface area (TPSA) is 29.5 Å². The molecule has 3 rings (SSSR count). The standard InChI is InChI=1S/C18H24O2/c1-17(2)12-18(3,19)11-10-14(17)16-9-8-13-6-4-5-7-15(13)20-16/h4-7,10-11,14,16,19H,8-9,12H2,1-3H3.